The minimum absolute atomic E-state index is 0.0229. The molecule has 1 heterocycles. The van der Waals surface area contributed by atoms with Gasteiger partial charge in [-0.25, -0.2) is 0 Å². The highest BCUT2D eigenvalue weighted by atomic mass is 16.5. The Morgan fingerprint density at radius 2 is 2.09 bits per heavy atom. The first-order chi connectivity index (χ1) is 11.1. The van der Waals surface area contributed by atoms with Crippen molar-refractivity contribution in [2.45, 2.75) is 32.2 Å². The molecule has 2 atom stereocenters. The first kappa shape index (κ1) is 17.5. The van der Waals surface area contributed by atoms with Crippen LogP contribution in [0, 0.1) is 5.92 Å². The average molecular weight is 318 g/mol. The van der Waals surface area contributed by atoms with Crippen LogP contribution in [0.4, 0.5) is 0 Å². The van der Waals surface area contributed by atoms with Crippen LogP contribution in [0.15, 0.2) is 30.3 Å². The summed E-state index contributed by atoms with van der Waals surface area (Å²) in [5.41, 5.74) is 1.01. The molecule has 5 heteroatoms. The lowest BCUT2D eigenvalue weighted by Gasteiger charge is -2.38. The van der Waals surface area contributed by atoms with Crippen molar-refractivity contribution in [3.05, 3.63) is 35.9 Å². The number of amides is 2. The van der Waals surface area contributed by atoms with Crippen LogP contribution in [0.5, 0.6) is 0 Å². The van der Waals surface area contributed by atoms with E-state index in [1.165, 1.54) is 0 Å². The number of rotatable bonds is 7. The molecule has 2 rings (SSSR count). The number of hydrogen-bond donors (Lipinski definition) is 1. The highest BCUT2D eigenvalue weighted by Gasteiger charge is 2.38. The van der Waals surface area contributed by atoms with Gasteiger partial charge in [0.15, 0.2) is 0 Å². The van der Waals surface area contributed by atoms with Crippen molar-refractivity contribution in [1.29, 1.82) is 0 Å². The number of nitrogens with one attached hydrogen (secondary N) is 1. The summed E-state index contributed by atoms with van der Waals surface area (Å²) in [6.45, 7) is 3.91. The monoisotopic (exact) mass is 318 g/mol. The van der Waals surface area contributed by atoms with Gasteiger partial charge in [0, 0.05) is 33.2 Å². The molecule has 1 aromatic rings. The van der Waals surface area contributed by atoms with E-state index < -0.39 is 0 Å². The van der Waals surface area contributed by atoms with Crippen molar-refractivity contribution < 1.29 is 14.3 Å². The van der Waals surface area contributed by atoms with Crippen LogP contribution in [-0.2, 0) is 14.3 Å². The van der Waals surface area contributed by atoms with Crippen molar-refractivity contribution in [3.8, 4) is 0 Å². The Bertz CT molecular complexity index is 518. The molecule has 2 amide bonds. The Balaban J connectivity index is 2.02. The fraction of sp³-hybridized carbons (Fsp3) is 0.556. The summed E-state index contributed by atoms with van der Waals surface area (Å²) in [5.74, 6) is -0.0823. The second kappa shape index (κ2) is 8.67. The molecule has 23 heavy (non-hydrogen) atoms. The SMILES string of the molecule is CCOCCCNC(=O)C1CCC(=O)N(C)C1c1ccccc1. The van der Waals surface area contributed by atoms with Gasteiger partial charge < -0.3 is 15.0 Å². The summed E-state index contributed by atoms with van der Waals surface area (Å²) in [6.07, 6.45) is 1.83. The van der Waals surface area contributed by atoms with Gasteiger partial charge in [-0.05, 0) is 25.3 Å². The second-order valence-electron chi connectivity index (χ2n) is 5.85. The second-order valence-corrected chi connectivity index (χ2v) is 5.85. The lowest BCUT2D eigenvalue weighted by molar-refractivity contribution is -0.141. The van der Waals surface area contributed by atoms with Gasteiger partial charge in [0.05, 0.1) is 12.0 Å². The van der Waals surface area contributed by atoms with E-state index in [2.05, 4.69) is 5.32 Å². The van der Waals surface area contributed by atoms with E-state index in [9.17, 15) is 9.59 Å². The lowest BCUT2D eigenvalue weighted by atomic mass is 9.84. The van der Waals surface area contributed by atoms with Crippen molar-refractivity contribution >= 4 is 11.8 Å². The maximum absolute atomic E-state index is 12.6. The Labute approximate surface area is 138 Å². The molecule has 0 spiro atoms. The highest BCUT2D eigenvalue weighted by Crippen LogP contribution is 2.35. The number of benzene rings is 1. The van der Waals surface area contributed by atoms with Gasteiger partial charge in [-0.2, -0.15) is 0 Å². The molecule has 0 aliphatic carbocycles. The summed E-state index contributed by atoms with van der Waals surface area (Å²) in [4.78, 5) is 26.3. The summed E-state index contributed by atoms with van der Waals surface area (Å²) in [7, 11) is 1.79. The molecule has 2 unspecified atom stereocenters. The minimum atomic E-state index is -0.202. The summed E-state index contributed by atoms with van der Waals surface area (Å²) in [6, 6.07) is 9.60. The molecular formula is C18H26N2O3. The summed E-state index contributed by atoms with van der Waals surface area (Å²) in [5, 5.41) is 2.99. The average Bonchev–Trinajstić information content (AvgIpc) is 2.57. The quantitative estimate of drug-likeness (QED) is 0.784. The van der Waals surface area contributed by atoms with Crippen molar-refractivity contribution in [1.82, 2.24) is 10.2 Å². The zero-order chi connectivity index (χ0) is 16.7. The van der Waals surface area contributed by atoms with Gasteiger partial charge in [0.1, 0.15) is 0 Å². The van der Waals surface area contributed by atoms with Gasteiger partial charge in [0.2, 0.25) is 11.8 Å². The van der Waals surface area contributed by atoms with Gasteiger partial charge >= 0.3 is 0 Å². The van der Waals surface area contributed by atoms with E-state index in [1.807, 2.05) is 37.3 Å². The molecule has 1 N–H and O–H groups in total. The number of piperidine rings is 1. The van der Waals surface area contributed by atoms with E-state index in [0.717, 1.165) is 12.0 Å². The number of carbonyl (C=O) groups is 2. The molecule has 1 aliphatic rings. The molecule has 1 aromatic carbocycles. The normalized spacial score (nSPS) is 21.3. The molecule has 0 aromatic heterocycles. The Morgan fingerprint density at radius 1 is 1.35 bits per heavy atom. The van der Waals surface area contributed by atoms with Crippen LogP contribution in [0.3, 0.4) is 0 Å². The van der Waals surface area contributed by atoms with E-state index in [1.54, 1.807) is 11.9 Å². The Morgan fingerprint density at radius 3 is 2.78 bits per heavy atom. The van der Waals surface area contributed by atoms with E-state index >= 15 is 0 Å². The molecule has 126 valence electrons. The third-order valence-corrected chi connectivity index (χ3v) is 4.31. The number of nitrogens with zero attached hydrogens (tertiary/aromatic N) is 1. The number of ether oxygens (including phenoxy) is 1. The van der Waals surface area contributed by atoms with E-state index in [-0.39, 0.29) is 23.8 Å². The first-order valence-electron chi connectivity index (χ1n) is 8.31. The molecule has 1 fully saturated rings. The lowest BCUT2D eigenvalue weighted by Crippen LogP contribution is -2.46. The number of hydrogen-bond acceptors (Lipinski definition) is 3. The molecule has 5 nitrogen and oxygen atoms in total. The van der Waals surface area contributed by atoms with Crippen molar-refractivity contribution in [2.24, 2.45) is 5.92 Å². The fourth-order valence-electron chi connectivity index (χ4n) is 3.08. The highest BCUT2D eigenvalue weighted by molar-refractivity contribution is 5.84. The Kier molecular flexibility index (Phi) is 6.59. The first-order valence-corrected chi connectivity index (χ1v) is 8.31. The third kappa shape index (κ3) is 4.55. The van der Waals surface area contributed by atoms with E-state index in [0.29, 0.717) is 32.6 Å². The Hall–Kier alpha value is -1.88. The van der Waals surface area contributed by atoms with Crippen LogP contribution in [0.25, 0.3) is 0 Å². The van der Waals surface area contributed by atoms with Gasteiger partial charge in [-0.1, -0.05) is 30.3 Å². The fourth-order valence-corrected chi connectivity index (χ4v) is 3.08. The zero-order valence-corrected chi connectivity index (χ0v) is 14.0. The standard InChI is InChI=1S/C18H26N2O3/c1-3-23-13-7-12-19-18(22)15-10-11-16(21)20(2)17(15)14-8-5-4-6-9-14/h4-6,8-9,15,17H,3,7,10-13H2,1-2H3,(H,19,22). The van der Waals surface area contributed by atoms with Gasteiger partial charge in [0.25, 0.3) is 0 Å². The van der Waals surface area contributed by atoms with Crippen LogP contribution in [0.2, 0.25) is 0 Å². The van der Waals surface area contributed by atoms with Crippen LogP contribution < -0.4 is 5.32 Å². The zero-order valence-electron chi connectivity index (χ0n) is 14.0. The molecule has 0 bridgehead atoms. The predicted molar refractivity (Wildman–Crippen MR) is 88.8 cm³/mol. The molecular weight excluding hydrogens is 292 g/mol. The number of likely N-dealkylation sites (tertiary alicyclic amines) is 1. The summed E-state index contributed by atoms with van der Waals surface area (Å²) >= 11 is 0. The van der Waals surface area contributed by atoms with Gasteiger partial charge in [-0.15, -0.1) is 0 Å². The molecule has 0 saturated carbocycles. The number of carbonyl (C=O) groups excluding carboxylic acids is 2. The molecule has 0 radical (unpaired) electrons. The van der Waals surface area contributed by atoms with Crippen LogP contribution >= 0.6 is 0 Å². The smallest absolute Gasteiger partial charge is 0.225 e. The maximum Gasteiger partial charge on any atom is 0.225 e. The minimum Gasteiger partial charge on any atom is -0.382 e. The molecule has 1 saturated heterocycles. The van der Waals surface area contributed by atoms with E-state index in [4.69, 9.17) is 4.74 Å². The van der Waals surface area contributed by atoms with Crippen molar-refractivity contribution in [2.75, 3.05) is 26.8 Å². The predicted octanol–water partition coefficient (Wildman–Crippen LogP) is 2.14. The topological polar surface area (TPSA) is 58.6 Å². The largest absolute Gasteiger partial charge is 0.382 e. The maximum atomic E-state index is 12.6. The van der Waals surface area contributed by atoms with Crippen molar-refractivity contribution in [3.63, 3.8) is 0 Å². The van der Waals surface area contributed by atoms with Crippen LogP contribution in [-0.4, -0.2) is 43.5 Å². The third-order valence-electron chi connectivity index (χ3n) is 4.31. The van der Waals surface area contributed by atoms with Gasteiger partial charge in [-0.3, -0.25) is 9.59 Å². The van der Waals surface area contributed by atoms with Crippen LogP contribution in [0.1, 0.15) is 37.8 Å². The molecule has 1 aliphatic heterocycles. The summed E-state index contributed by atoms with van der Waals surface area (Å²) < 4.78 is 5.28.